The Balaban J connectivity index is 1.98. The van der Waals surface area contributed by atoms with E-state index in [9.17, 15) is 0 Å². The predicted molar refractivity (Wildman–Crippen MR) is 59.3 cm³/mol. The lowest BCUT2D eigenvalue weighted by Gasteiger charge is -2.23. The summed E-state index contributed by atoms with van der Waals surface area (Å²) < 4.78 is 5.62. The van der Waals surface area contributed by atoms with Gasteiger partial charge in [0.2, 0.25) is 0 Å². The lowest BCUT2D eigenvalue weighted by atomic mass is 9.95. The van der Waals surface area contributed by atoms with Crippen LogP contribution in [0.3, 0.4) is 0 Å². The van der Waals surface area contributed by atoms with E-state index in [4.69, 9.17) is 10.5 Å². The van der Waals surface area contributed by atoms with Gasteiger partial charge in [0.15, 0.2) is 0 Å². The number of nitrogens with two attached hydrogens (primary N) is 1. The minimum atomic E-state index is 0.123. The molecule has 0 amide bonds. The molecule has 0 aromatic heterocycles. The lowest BCUT2D eigenvalue weighted by Crippen LogP contribution is -2.31. The zero-order valence-corrected chi connectivity index (χ0v) is 9.75. The van der Waals surface area contributed by atoms with Crippen LogP contribution in [0.15, 0.2) is 0 Å². The van der Waals surface area contributed by atoms with E-state index >= 15 is 0 Å². The summed E-state index contributed by atoms with van der Waals surface area (Å²) >= 11 is 0. The van der Waals surface area contributed by atoms with E-state index in [1.54, 1.807) is 0 Å². The van der Waals surface area contributed by atoms with Gasteiger partial charge in [-0.25, -0.2) is 0 Å². The van der Waals surface area contributed by atoms with Gasteiger partial charge >= 0.3 is 0 Å². The maximum absolute atomic E-state index is 5.62. The number of nitrogens with zero attached hydrogens (tertiary/aromatic N) is 1. The molecule has 0 aromatic rings. The standard InChI is InChI=1S/C11H24N2O/c1-11(2,8-12)9-14-7-6-13(3)10-4-5-10/h10H,4-9,12H2,1-3H3. The SMILES string of the molecule is CN(CCOCC(C)(C)CN)C1CC1. The molecule has 0 spiro atoms. The van der Waals surface area contributed by atoms with Crippen molar-refractivity contribution in [3.05, 3.63) is 0 Å². The molecule has 0 bridgehead atoms. The monoisotopic (exact) mass is 200 g/mol. The fourth-order valence-corrected chi connectivity index (χ4v) is 1.31. The second-order valence-electron chi connectivity index (χ2n) is 5.13. The van der Waals surface area contributed by atoms with Crippen LogP contribution >= 0.6 is 0 Å². The van der Waals surface area contributed by atoms with E-state index < -0.39 is 0 Å². The van der Waals surface area contributed by atoms with Crippen molar-refractivity contribution in [3.8, 4) is 0 Å². The minimum Gasteiger partial charge on any atom is -0.380 e. The van der Waals surface area contributed by atoms with Gasteiger partial charge in [0.05, 0.1) is 13.2 Å². The first-order chi connectivity index (χ1) is 6.55. The van der Waals surface area contributed by atoms with Gasteiger partial charge < -0.3 is 15.4 Å². The molecular formula is C11H24N2O. The van der Waals surface area contributed by atoms with Crippen molar-refractivity contribution in [2.75, 3.05) is 33.4 Å². The molecular weight excluding hydrogens is 176 g/mol. The first-order valence-corrected chi connectivity index (χ1v) is 5.53. The second-order valence-corrected chi connectivity index (χ2v) is 5.13. The van der Waals surface area contributed by atoms with Crippen LogP contribution in [0.2, 0.25) is 0 Å². The van der Waals surface area contributed by atoms with Gasteiger partial charge in [-0.05, 0) is 26.4 Å². The first-order valence-electron chi connectivity index (χ1n) is 5.53. The summed E-state index contributed by atoms with van der Waals surface area (Å²) in [6.07, 6.45) is 2.73. The van der Waals surface area contributed by atoms with E-state index in [0.717, 1.165) is 25.8 Å². The van der Waals surface area contributed by atoms with E-state index in [-0.39, 0.29) is 5.41 Å². The third-order valence-electron chi connectivity index (χ3n) is 2.80. The largest absolute Gasteiger partial charge is 0.380 e. The highest BCUT2D eigenvalue weighted by atomic mass is 16.5. The van der Waals surface area contributed by atoms with Crippen molar-refractivity contribution in [1.82, 2.24) is 4.90 Å². The Bertz CT molecular complexity index is 167. The Kier molecular flexibility index (Phi) is 4.35. The maximum Gasteiger partial charge on any atom is 0.0593 e. The van der Waals surface area contributed by atoms with Crippen molar-refractivity contribution in [2.45, 2.75) is 32.7 Å². The number of ether oxygens (including phenoxy) is 1. The molecule has 0 radical (unpaired) electrons. The van der Waals surface area contributed by atoms with E-state index in [2.05, 4.69) is 25.8 Å². The summed E-state index contributed by atoms with van der Waals surface area (Å²) in [6.45, 7) is 7.60. The van der Waals surface area contributed by atoms with Gasteiger partial charge in [0.25, 0.3) is 0 Å². The van der Waals surface area contributed by atoms with Crippen LogP contribution in [0.4, 0.5) is 0 Å². The van der Waals surface area contributed by atoms with Crippen molar-refractivity contribution in [1.29, 1.82) is 0 Å². The zero-order chi connectivity index (χ0) is 10.6. The average Bonchev–Trinajstić information content (AvgIpc) is 2.95. The van der Waals surface area contributed by atoms with Gasteiger partial charge in [-0.2, -0.15) is 0 Å². The maximum atomic E-state index is 5.62. The highest BCUT2D eigenvalue weighted by molar-refractivity contribution is 4.82. The Morgan fingerprint density at radius 1 is 1.43 bits per heavy atom. The van der Waals surface area contributed by atoms with Crippen LogP contribution in [0.1, 0.15) is 26.7 Å². The molecule has 1 aliphatic rings. The summed E-state index contributed by atoms with van der Waals surface area (Å²) in [6, 6.07) is 0.834. The van der Waals surface area contributed by atoms with E-state index in [0.29, 0.717) is 6.54 Å². The molecule has 1 aliphatic carbocycles. The average molecular weight is 200 g/mol. The first kappa shape index (κ1) is 12.0. The smallest absolute Gasteiger partial charge is 0.0593 e. The summed E-state index contributed by atoms with van der Waals surface area (Å²) in [4.78, 5) is 2.38. The van der Waals surface area contributed by atoms with Gasteiger partial charge in [-0.1, -0.05) is 13.8 Å². The van der Waals surface area contributed by atoms with E-state index in [1.165, 1.54) is 12.8 Å². The molecule has 1 rings (SSSR count). The molecule has 0 heterocycles. The van der Waals surface area contributed by atoms with Gasteiger partial charge in [-0.15, -0.1) is 0 Å². The fourth-order valence-electron chi connectivity index (χ4n) is 1.31. The molecule has 14 heavy (non-hydrogen) atoms. The normalized spacial score (nSPS) is 17.8. The molecule has 0 aromatic carbocycles. The molecule has 3 nitrogen and oxygen atoms in total. The zero-order valence-electron chi connectivity index (χ0n) is 9.75. The Morgan fingerprint density at radius 3 is 2.57 bits per heavy atom. The molecule has 1 saturated carbocycles. The Labute approximate surface area is 87.6 Å². The summed E-state index contributed by atoms with van der Waals surface area (Å²) in [5, 5.41) is 0. The van der Waals surface area contributed by atoms with Crippen molar-refractivity contribution in [3.63, 3.8) is 0 Å². The second kappa shape index (κ2) is 5.10. The Hall–Kier alpha value is -0.120. The summed E-state index contributed by atoms with van der Waals surface area (Å²) in [5.74, 6) is 0. The molecule has 1 fully saturated rings. The molecule has 0 atom stereocenters. The quantitative estimate of drug-likeness (QED) is 0.625. The molecule has 3 heteroatoms. The molecule has 0 saturated heterocycles. The number of hydrogen-bond acceptors (Lipinski definition) is 3. The number of likely N-dealkylation sites (N-methyl/N-ethyl adjacent to an activating group) is 1. The third-order valence-corrected chi connectivity index (χ3v) is 2.80. The van der Waals surface area contributed by atoms with Crippen LogP contribution in [-0.4, -0.2) is 44.3 Å². The van der Waals surface area contributed by atoms with E-state index in [1.807, 2.05) is 0 Å². The number of rotatable bonds is 7. The molecule has 0 aliphatic heterocycles. The van der Waals surface area contributed by atoms with Crippen LogP contribution < -0.4 is 5.73 Å². The fraction of sp³-hybridized carbons (Fsp3) is 1.00. The lowest BCUT2D eigenvalue weighted by molar-refractivity contribution is 0.0536. The van der Waals surface area contributed by atoms with Crippen molar-refractivity contribution in [2.24, 2.45) is 11.1 Å². The minimum absolute atomic E-state index is 0.123. The third kappa shape index (κ3) is 4.40. The predicted octanol–water partition coefficient (Wildman–Crippen LogP) is 1.08. The van der Waals surface area contributed by atoms with Crippen LogP contribution in [0, 0.1) is 5.41 Å². The highest BCUT2D eigenvalue weighted by Crippen LogP contribution is 2.24. The Morgan fingerprint density at radius 2 is 2.07 bits per heavy atom. The van der Waals surface area contributed by atoms with Crippen LogP contribution in [0.5, 0.6) is 0 Å². The summed E-state index contributed by atoms with van der Waals surface area (Å²) in [5.41, 5.74) is 5.74. The van der Waals surface area contributed by atoms with Crippen LogP contribution in [-0.2, 0) is 4.74 Å². The topological polar surface area (TPSA) is 38.5 Å². The van der Waals surface area contributed by atoms with Crippen LogP contribution in [0.25, 0.3) is 0 Å². The van der Waals surface area contributed by atoms with Crippen molar-refractivity contribution >= 4 is 0 Å². The molecule has 84 valence electrons. The molecule has 2 N–H and O–H groups in total. The van der Waals surface area contributed by atoms with Gasteiger partial charge in [-0.3, -0.25) is 0 Å². The van der Waals surface area contributed by atoms with Gasteiger partial charge in [0, 0.05) is 18.0 Å². The van der Waals surface area contributed by atoms with Gasteiger partial charge in [0.1, 0.15) is 0 Å². The number of hydrogen-bond donors (Lipinski definition) is 1. The molecule has 0 unspecified atom stereocenters. The highest BCUT2D eigenvalue weighted by Gasteiger charge is 2.25. The summed E-state index contributed by atoms with van der Waals surface area (Å²) in [7, 11) is 2.18. The van der Waals surface area contributed by atoms with Crippen molar-refractivity contribution < 1.29 is 4.74 Å².